The summed E-state index contributed by atoms with van der Waals surface area (Å²) in [6.45, 7) is 3.14. The number of aliphatic hydroxyl groups is 1. The summed E-state index contributed by atoms with van der Waals surface area (Å²) in [5.41, 5.74) is 0. The summed E-state index contributed by atoms with van der Waals surface area (Å²) >= 11 is 0. The van der Waals surface area contributed by atoms with E-state index in [2.05, 4.69) is 11.1 Å². The molecule has 0 spiro atoms. The zero-order valence-corrected chi connectivity index (χ0v) is 11.0. The molecule has 6 N–H and O–H groups in total. The van der Waals surface area contributed by atoms with E-state index in [4.69, 9.17) is 38.9 Å². The summed E-state index contributed by atoms with van der Waals surface area (Å²) in [5, 5.41) is 9.01. The van der Waals surface area contributed by atoms with Gasteiger partial charge in [-0.2, -0.15) is 0 Å². The fourth-order valence-corrected chi connectivity index (χ4v) is 0.885. The Labute approximate surface area is 103 Å². The van der Waals surface area contributed by atoms with Crippen molar-refractivity contribution in [1.29, 1.82) is 0 Å². The first kappa shape index (κ1) is 20.2. The van der Waals surface area contributed by atoms with Crippen molar-refractivity contribution < 1.29 is 48.0 Å². The third-order valence-corrected chi connectivity index (χ3v) is 1.47. The van der Waals surface area contributed by atoms with Gasteiger partial charge in [-0.05, 0) is 0 Å². The van der Waals surface area contributed by atoms with Crippen LogP contribution in [0.1, 0.15) is 0 Å². The van der Waals surface area contributed by atoms with Gasteiger partial charge in [-0.1, -0.05) is 6.08 Å². The van der Waals surface area contributed by atoms with E-state index in [9.17, 15) is 4.57 Å². The normalized spacial score (nSPS) is 13.4. The summed E-state index contributed by atoms with van der Waals surface area (Å²) < 4.78 is 27.9. The van der Waals surface area contributed by atoms with Gasteiger partial charge in [-0.3, -0.25) is 4.52 Å². The Hall–Kier alpha value is -0.120. The number of phosphoric acid groups is 2. The van der Waals surface area contributed by atoms with Crippen molar-refractivity contribution in [3.63, 3.8) is 0 Å². The number of ether oxygens (including phenoxy) is 1. The predicted molar refractivity (Wildman–Crippen MR) is 59.3 cm³/mol. The van der Waals surface area contributed by atoms with Crippen LogP contribution in [-0.4, -0.2) is 55.5 Å². The quantitative estimate of drug-likeness (QED) is 0.189. The lowest BCUT2D eigenvalue weighted by Gasteiger charge is -2.11. The third kappa shape index (κ3) is 29.7. The highest BCUT2D eigenvalue weighted by Gasteiger charge is 2.16. The van der Waals surface area contributed by atoms with E-state index in [1.165, 1.54) is 6.08 Å². The van der Waals surface area contributed by atoms with Crippen LogP contribution in [0, 0.1) is 0 Å². The Bertz CT molecular complexity index is 297. The van der Waals surface area contributed by atoms with E-state index in [0.29, 0.717) is 0 Å². The van der Waals surface area contributed by atoms with E-state index in [0.717, 1.165) is 0 Å². The van der Waals surface area contributed by atoms with Gasteiger partial charge in [0, 0.05) is 0 Å². The molecule has 0 bridgehead atoms. The molecule has 0 fully saturated rings. The maximum Gasteiger partial charge on any atom is 0.469 e. The first-order valence-corrected chi connectivity index (χ1v) is 7.40. The van der Waals surface area contributed by atoms with Gasteiger partial charge >= 0.3 is 15.6 Å². The molecular weight excluding hydrogens is 294 g/mol. The molecule has 0 aromatic rings. The molecule has 0 aromatic heterocycles. The second kappa shape index (κ2) is 9.76. The molecule has 0 aliphatic heterocycles. The van der Waals surface area contributed by atoms with Crippen molar-refractivity contribution in [3.05, 3.63) is 12.7 Å². The zero-order chi connectivity index (χ0) is 14.8. The highest BCUT2D eigenvalue weighted by atomic mass is 31.2. The first-order chi connectivity index (χ1) is 7.95. The van der Waals surface area contributed by atoms with E-state index in [-0.39, 0.29) is 13.2 Å². The molecule has 0 aliphatic rings. The number of aliphatic hydroxyl groups excluding tert-OH is 1. The van der Waals surface area contributed by atoms with Gasteiger partial charge in [0.1, 0.15) is 6.10 Å². The summed E-state index contributed by atoms with van der Waals surface area (Å²) in [5.74, 6) is 0. The van der Waals surface area contributed by atoms with Crippen molar-refractivity contribution in [2.24, 2.45) is 0 Å². The lowest BCUT2D eigenvalue weighted by atomic mass is 10.4. The average molecular weight is 310 g/mol. The third-order valence-electron chi connectivity index (χ3n) is 0.981. The van der Waals surface area contributed by atoms with Crippen LogP contribution in [0.15, 0.2) is 12.7 Å². The Morgan fingerprint density at radius 1 is 1.11 bits per heavy atom. The molecular formula is C6H16O10P2. The minimum Gasteiger partial charge on any atom is -0.388 e. The Kier molecular flexibility index (Phi) is 11.0. The van der Waals surface area contributed by atoms with Gasteiger partial charge in [0.15, 0.2) is 0 Å². The molecule has 10 nitrogen and oxygen atoms in total. The molecule has 18 heavy (non-hydrogen) atoms. The second-order valence-electron chi connectivity index (χ2n) is 2.78. The average Bonchev–Trinajstić information content (AvgIpc) is 2.11. The van der Waals surface area contributed by atoms with E-state index >= 15 is 0 Å². The molecule has 0 saturated carbocycles. The van der Waals surface area contributed by atoms with Gasteiger partial charge in [0.05, 0.1) is 19.8 Å². The summed E-state index contributed by atoms with van der Waals surface area (Å²) in [4.78, 5) is 38.1. The van der Waals surface area contributed by atoms with Crippen LogP contribution >= 0.6 is 15.6 Å². The SMILES string of the molecule is C=CCOCC(O)COP(=O)(O)O.O=P(O)(O)O. The molecule has 0 saturated heterocycles. The Balaban J connectivity index is 0. The second-order valence-corrected chi connectivity index (χ2v) is 5.05. The first-order valence-electron chi connectivity index (χ1n) is 4.30. The van der Waals surface area contributed by atoms with E-state index in [1.807, 2.05) is 0 Å². The van der Waals surface area contributed by atoms with Crippen molar-refractivity contribution in [1.82, 2.24) is 0 Å². The van der Waals surface area contributed by atoms with E-state index in [1.54, 1.807) is 0 Å². The molecule has 12 heteroatoms. The summed E-state index contributed by atoms with van der Waals surface area (Å²) in [7, 11) is -9.13. The minimum atomic E-state index is -4.64. The Morgan fingerprint density at radius 3 is 1.89 bits per heavy atom. The molecule has 0 heterocycles. The highest BCUT2D eigenvalue weighted by Crippen LogP contribution is 2.35. The largest absolute Gasteiger partial charge is 0.469 e. The highest BCUT2D eigenvalue weighted by molar-refractivity contribution is 7.46. The van der Waals surface area contributed by atoms with Gasteiger partial charge in [0.25, 0.3) is 0 Å². The lowest BCUT2D eigenvalue weighted by molar-refractivity contribution is 0.0140. The molecule has 0 amide bonds. The van der Waals surface area contributed by atoms with Gasteiger partial charge in [-0.25, -0.2) is 9.13 Å². The standard InChI is InChI=1S/C6H13O6P.H3O4P/c1-2-3-11-4-6(7)5-12-13(8,9)10;1-5(2,3)4/h2,6-7H,1,3-5H2,(H2,8,9,10);(H3,1,2,3,4). The van der Waals surface area contributed by atoms with Gasteiger partial charge in [0.2, 0.25) is 0 Å². The molecule has 1 unspecified atom stereocenters. The Morgan fingerprint density at radius 2 is 1.56 bits per heavy atom. The summed E-state index contributed by atoms with van der Waals surface area (Å²) in [6.07, 6.45) is 0.448. The fraction of sp³-hybridized carbons (Fsp3) is 0.667. The van der Waals surface area contributed by atoms with Gasteiger partial charge < -0.3 is 34.3 Å². The lowest BCUT2D eigenvalue weighted by Crippen LogP contribution is -2.21. The minimum absolute atomic E-state index is 0.0496. The van der Waals surface area contributed by atoms with Crippen molar-refractivity contribution in [2.45, 2.75) is 6.10 Å². The topological polar surface area (TPSA) is 174 Å². The van der Waals surface area contributed by atoms with Crippen molar-refractivity contribution in [2.75, 3.05) is 19.8 Å². The molecule has 1 atom stereocenters. The van der Waals surface area contributed by atoms with Crippen LogP contribution in [0.3, 0.4) is 0 Å². The predicted octanol–water partition coefficient (Wildman–Crippen LogP) is -1.27. The van der Waals surface area contributed by atoms with Crippen LogP contribution in [0.4, 0.5) is 0 Å². The number of rotatable bonds is 7. The maximum atomic E-state index is 10.2. The monoisotopic (exact) mass is 310 g/mol. The smallest absolute Gasteiger partial charge is 0.388 e. The van der Waals surface area contributed by atoms with E-state index < -0.39 is 28.4 Å². The van der Waals surface area contributed by atoms with Crippen LogP contribution < -0.4 is 0 Å². The van der Waals surface area contributed by atoms with Crippen molar-refractivity contribution in [3.8, 4) is 0 Å². The zero-order valence-electron chi connectivity index (χ0n) is 9.19. The van der Waals surface area contributed by atoms with Gasteiger partial charge in [-0.15, -0.1) is 6.58 Å². The summed E-state index contributed by atoms with van der Waals surface area (Å²) in [6, 6.07) is 0. The van der Waals surface area contributed by atoms with Crippen LogP contribution in [0.2, 0.25) is 0 Å². The number of hydrogen-bond donors (Lipinski definition) is 6. The van der Waals surface area contributed by atoms with Crippen LogP contribution in [-0.2, 0) is 18.4 Å². The molecule has 110 valence electrons. The van der Waals surface area contributed by atoms with Crippen LogP contribution in [0.5, 0.6) is 0 Å². The molecule has 0 radical (unpaired) electrons. The molecule has 0 aromatic carbocycles. The fourth-order valence-electron chi connectivity index (χ4n) is 0.519. The van der Waals surface area contributed by atoms with Crippen molar-refractivity contribution >= 4 is 15.6 Å². The molecule has 0 aliphatic carbocycles. The molecule has 0 rings (SSSR count). The number of phosphoric ester groups is 1. The number of hydrogen-bond acceptors (Lipinski definition) is 5. The maximum absolute atomic E-state index is 10.2. The van der Waals surface area contributed by atoms with Crippen LogP contribution in [0.25, 0.3) is 0 Å².